The zero-order valence-corrected chi connectivity index (χ0v) is 14.4. The van der Waals surface area contributed by atoms with Crippen LogP contribution in [0.15, 0.2) is 34.7 Å². The third kappa shape index (κ3) is 4.95. The molecule has 0 spiro atoms. The van der Waals surface area contributed by atoms with Crippen molar-refractivity contribution in [2.75, 3.05) is 6.54 Å². The smallest absolute Gasteiger partial charge is 0.273 e. The van der Waals surface area contributed by atoms with E-state index in [0.717, 1.165) is 10.4 Å². The molecule has 130 valence electrons. The molecule has 0 radical (unpaired) electrons. The molecule has 1 aromatic heterocycles. The van der Waals surface area contributed by atoms with Crippen LogP contribution in [0.25, 0.3) is 0 Å². The molecule has 25 heavy (non-hydrogen) atoms. The highest BCUT2D eigenvalue weighted by molar-refractivity contribution is 7.11. The summed E-state index contributed by atoms with van der Waals surface area (Å²) in [4.78, 5) is 34.9. The molecule has 0 saturated heterocycles. The Bertz CT molecular complexity index is 844. The van der Waals surface area contributed by atoms with Gasteiger partial charge in [0.15, 0.2) is 0 Å². The van der Waals surface area contributed by atoms with E-state index in [0.29, 0.717) is 5.56 Å². The summed E-state index contributed by atoms with van der Waals surface area (Å²) in [7, 11) is 0. The first-order valence-corrected chi connectivity index (χ1v) is 8.15. The number of aryl methyl sites for hydroxylation is 2. The Morgan fingerprint density at radius 1 is 1.28 bits per heavy atom. The number of nitrogens with zero attached hydrogens (tertiary/aromatic N) is 2. The van der Waals surface area contributed by atoms with Gasteiger partial charge in [-0.05, 0) is 36.9 Å². The van der Waals surface area contributed by atoms with E-state index in [9.17, 15) is 19.7 Å². The second-order valence-corrected chi connectivity index (χ2v) is 6.15. The predicted molar refractivity (Wildman–Crippen MR) is 95.0 cm³/mol. The number of hydrogen-bond acceptors (Lipinski definition) is 6. The van der Waals surface area contributed by atoms with Crippen LogP contribution in [0.2, 0.25) is 0 Å². The SMILES string of the molecule is Cc1ccc(C(=O)NCC(=O)N/N=C/c2sccc2C)cc1[N+](=O)[O-]. The number of rotatable bonds is 6. The van der Waals surface area contributed by atoms with Crippen molar-refractivity contribution in [3.8, 4) is 0 Å². The number of thiophene rings is 1. The number of hydrogen-bond donors (Lipinski definition) is 2. The maximum Gasteiger partial charge on any atom is 0.273 e. The van der Waals surface area contributed by atoms with E-state index in [1.807, 2.05) is 18.4 Å². The molecule has 0 aliphatic rings. The summed E-state index contributed by atoms with van der Waals surface area (Å²) in [6.07, 6.45) is 1.53. The summed E-state index contributed by atoms with van der Waals surface area (Å²) in [6.45, 7) is 3.22. The zero-order chi connectivity index (χ0) is 18.4. The number of nitro groups is 1. The summed E-state index contributed by atoms with van der Waals surface area (Å²) in [5.41, 5.74) is 3.79. The van der Waals surface area contributed by atoms with E-state index < -0.39 is 16.7 Å². The van der Waals surface area contributed by atoms with Crippen LogP contribution in [0.1, 0.15) is 26.4 Å². The van der Waals surface area contributed by atoms with Gasteiger partial charge in [0.2, 0.25) is 0 Å². The van der Waals surface area contributed by atoms with Gasteiger partial charge in [-0.25, -0.2) is 5.43 Å². The molecule has 8 nitrogen and oxygen atoms in total. The second-order valence-electron chi connectivity index (χ2n) is 5.20. The predicted octanol–water partition coefficient (Wildman–Crippen LogP) is 2.15. The highest BCUT2D eigenvalue weighted by Crippen LogP contribution is 2.19. The number of hydrazone groups is 1. The van der Waals surface area contributed by atoms with Crippen LogP contribution in [-0.4, -0.2) is 29.5 Å². The fourth-order valence-corrected chi connectivity index (χ4v) is 2.72. The van der Waals surface area contributed by atoms with E-state index in [-0.39, 0.29) is 17.8 Å². The first-order valence-electron chi connectivity index (χ1n) is 7.27. The highest BCUT2D eigenvalue weighted by Gasteiger charge is 2.15. The fraction of sp³-hybridized carbons (Fsp3) is 0.188. The van der Waals surface area contributed by atoms with E-state index in [2.05, 4.69) is 15.8 Å². The van der Waals surface area contributed by atoms with Crippen molar-refractivity contribution < 1.29 is 14.5 Å². The Labute approximate surface area is 147 Å². The molecule has 2 N–H and O–H groups in total. The molecule has 0 aliphatic heterocycles. The van der Waals surface area contributed by atoms with Crippen molar-refractivity contribution in [3.05, 3.63) is 61.3 Å². The molecule has 9 heteroatoms. The standard InChI is InChI=1S/C16H16N4O4S/c1-10-3-4-12(7-13(10)20(23)24)16(22)17-9-15(21)19-18-8-14-11(2)5-6-25-14/h3-8H,9H2,1-2H3,(H,17,22)(H,19,21)/b18-8+. The molecular formula is C16H16N4O4S. The van der Waals surface area contributed by atoms with Crippen molar-refractivity contribution in [1.29, 1.82) is 0 Å². The second kappa shape index (κ2) is 8.15. The molecule has 1 aromatic carbocycles. The van der Waals surface area contributed by atoms with Gasteiger partial charge in [-0.2, -0.15) is 5.10 Å². The van der Waals surface area contributed by atoms with Crippen molar-refractivity contribution >= 4 is 35.1 Å². The summed E-state index contributed by atoms with van der Waals surface area (Å²) in [6, 6.07) is 6.07. The monoisotopic (exact) mass is 360 g/mol. The van der Waals surface area contributed by atoms with Crippen LogP contribution < -0.4 is 10.7 Å². The Balaban J connectivity index is 1.88. The van der Waals surface area contributed by atoms with Gasteiger partial charge in [-0.3, -0.25) is 19.7 Å². The molecule has 2 amide bonds. The molecule has 0 bridgehead atoms. The quantitative estimate of drug-likeness (QED) is 0.467. The molecule has 0 atom stereocenters. The van der Waals surface area contributed by atoms with Crippen molar-refractivity contribution in [2.45, 2.75) is 13.8 Å². The topological polar surface area (TPSA) is 114 Å². The maximum absolute atomic E-state index is 12.0. The van der Waals surface area contributed by atoms with Gasteiger partial charge in [0.25, 0.3) is 17.5 Å². The Kier molecular flexibility index (Phi) is 5.96. The van der Waals surface area contributed by atoms with Crippen molar-refractivity contribution in [2.24, 2.45) is 5.10 Å². The van der Waals surface area contributed by atoms with Crippen LogP contribution in [-0.2, 0) is 4.79 Å². The molecule has 0 fully saturated rings. The van der Waals surface area contributed by atoms with Gasteiger partial charge < -0.3 is 5.32 Å². The first kappa shape index (κ1) is 18.3. The third-order valence-corrected chi connectivity index (χ3v) is 4.30. The van der Waals surface area contributed by atoms with Crippen LogP contribution in [0, 0.1) is 24.0 Å². The average molecular weight is 360 g/mol. The van der Waals surface area contributed by atoms with Crippen LogP contribution in [0.4, 0.5) is 5.69 Å². The third-order valence-electron chi connectivity index (χ3n) is 3.35. The fourth-order valence-electron chi connectivity index (χ4n) is 1.93. The highest BCUT2D eigenvalue weighted by atomic mass is 32.1. The molecule has 0 saturated carbocycles. The summed E-state index contributed by atoms with van der Waals surface area (Å²) in [5, 5.41) is 19.0. The number of carbonyl (C=O) groups excluding carboxylic acids is 2. The summed E-state index contributed by atoms with van der Waals surface area (Å²) in [5.74, 6) is -1.07. The van der Waals surface area contributed by atoms with E-state index >= 15 is 0 Å². The number of nitro benzene ring substituents is 1. The normalized spacial score (nSPS) is 10.6. The Morgan fingerprint density at radius 3 is 2.68 bits per heavy atom. The van der Waals surface area contributed by atoms with Crippen molar-refractivity contribution in [3.63, 3.8) is 0 Å². The number of nitrogens with one attached hydrogen (secondary N) is 2. The summed E-state index contributed by atoms with van der Waals surface area (Å²) >= 11 is 1.50. The Morgan fingerprint density at radius 2 is 2.04 bits per heavy atom. The average Bonchev–Trinajstić information content (AvgIpc) is 2.98. The minimum absolute atomic E-state index is 0.114. The summed E-state index contributed by atoms with van der Waals surface area (Å²) < 4.78 is 0. The lowest BCUT2D eigenvalue weighted by molar-refractivity contribution is -0.385. The van der Waals surface area contributed by atoms with Gasteiger partial charge in [0.1, 0.15) is 0 Å². The molecule has 0 aliphatic carbocycles. The lowest BCUT2D eigenvalue weighted by Crippen LogP contribution is -2.34. The Hall–Kier alpha value is -3.07. The zero-order valence-electron chi connectivity index (χ0n) is 13.6. The lowest BCUT2D eigenvalue weighted by atomic mass is 10.1. The molecule has 0 unspecified atom stereocenters. The van der Waals surface area contributed by atoms with Gasteiger partial charge in [0, 0.05) is 22.1 Å². The van der Waals surface area contributed by atoms with Gasteiger partial charge in [-0.1, -0.05) is 6.07 Å². The van der Waals surface area contributed by atoms with E-state index in [4.69, 9.17) is 0 Å². The van der Waals surface area contributed by atoms with E-state index in [1.54, 1.807) is 6.92 Å². The first-order chi connectivity index (χ1) is 11.9. The van der Waals surface area contributed by atoms with E-state index in [1.165, 1.54) is 35.8 Å². The maximum atomic E-state index is 12.0. The molecule has 2 rings (SSSR count). The van der Waals surface area contributed by atoms with Gasteiger partial charge in [0.05, 0.1) is 17.7 Å². The van der Waals surface area contributed by atoms with Crippen LogP contribution in [0.5, 0.6) is 0 Å². The lowest BCUT2D eigenvalue weighted by Gasteiger charge is -2.05. The molecule has 2 aromatic rings. The van der Waals surface area contributed by atoms with Crippen LogP contribution >= 0.6 is 11.3 Å². The number of amides is 2. The molecule has 1 heterocycles. The van der Waals surface area contributed by atoms with Gasteiger partial charge >= 0.3 is 0 Å². The minimum atomic E-state index is -0.573. The minimum Gasteiger partial charge on any atom is -0.343 e. The molecular weight excluding hydrogens is 344 g/mol. The number of benzene rings is 1. The van der Waals surface area contributed by atoms with Gasteiger partial charge in [-0.15, -0.1) is 11.3 Å². The van der Waals surface area contributed by atoms with Crippen LogP contribution in [0.3, 0.4) is 0 Å². The number of carbonyl (C=O) groups is 2. The largest absolute Gasteiger partial charge is 0.343 e. The van der Waals surface area contributed by atoms with Crippen molar-refractivity contribution in [1.82, 2.24) is 10.7 Å².